The van der Waals surface area contributed by atoms with Gasteiger partial charge in [-0.25, -0.2) is 13.4 Å². The van der Waals surface area contributed by atoms with E-state index >= 15 is 0 Å². The fraction of sp³-hybridized carbons (Fsp3) is 0.143. The number of nitrogens with zero attached hydrogens (tertiary/aromatic N) is 2. The molecule has 4 rings (SSSR count). The van der Waals surface area contributed by atoms with Gasteiger partial charge in [-0.3, -0.25) is 0 Å². The van der Waals surface area contributed by atoms with E-state index < -0.39 is 16.1 Å². The van der Waals surface area contributed by atoms with Gasteiger partial charge in [-0.15, -0.1) is 0 Å². The predicted octanol–water partition coefficient (Wildman–Crippen LogP) is 6.57. The maximum Gasteiger partial charge on any atom is 0.243 e. The van der Waals surface area contributed by atoms with Crippen molar-refractivity contribution in [2.75, 3.05) is 0 Å². The van der Waals surface area contributed by atoms with Crippen molar-refractivity contribution in [2.45, 2.75) is 23.4 Å². The van der Waals surface area contributed by atoms with Crippen molar-refractivity contribution in [3.8, 4) is 0 Å². The highest BCUT2D eigenvalue weighted by atomic mass is 79.9. The van der Waals surface area contributed by atoms with Gasteiger partial charge < -0.3 is 5.43 Å². The minimum absolute atomic E-state index is 0.0605. The molecular formula is C21H15BrCl4N4O2S. The second-order valence-electron chi connectivity index (χ2n) is 7.20. The van der Waals surface area contributed by atoms with Crippen LogP contribution in [0, 0.1) is 0 Å². The van der Waals surface area contributed by atoms with Gasteiger partial charge in [-0.2, -0.15) is 9.82 Å². The summed E-state index contributed by atoms with van der Waals surface area (Å²) in [7, 11) is -4.02. The summed E-state index contributed by atoms with van der Waals surface area (Å²) in [5.41, 5.74) is 5.11. The van der Waals surface area contributed by atoms with E-state index in [-0.39, 0.29) is 16.1 Å². The third-order valence-electron chi connectivity index (χ3n) is 5.01. The van der Waals surface area contributed by atoms with E-state index in [1.807, 2.05) is 12.1 Å². The molecule has 3 aromatic rings. The number of hydrogen-bond acceptors (Lipinski definition) is 5. The monoisotopic (exact) mass is 606 g/mol. The van der Waals surface area contributed by atoms with E-state index in [9.17, 15) is 8.42 Å². The summed E-state index contributed by atoms with van der Waals surface area (Å²) in [4.78, 5) is 3.85. The van der Waals surface area contributed by atoms with Crippen LogP contribution in [0.15, 0.2) is 69.2 Å². The van der Waals surface area contributed by atoms with Crippen molar-refractivity contribution in [3.05, 3.63) is 90.5 Å². The molecule has 2 heterocycles. The van der Waals surface area contributed by atoms with E-state index in [4.69, 9.17) is 46.4 Å². The Morgan fingerprint density at radius 3 is 2.39 bits per heavy atom. The molecule has 0 bridgehead atoms. The van der Waals surface area contributed by atoms with Crippen LogP contribution in [-0.2, 0) is 10.0 Å². The Labute approximate surface area is 219 Å². The second-order valence-corrected chi connectivity index (χ2v) is 11.4. The van der Waals surface area contributed by atoms with E-state index in [1.165, 1.54) is 12.3 Å². The molecule has 1 aliphatic rings. The van der Waals surface area contributed by atoms with Gasteiger partial charge in [-0.05, 0) is 57.4 Å². The van der Waals surface area contributed by atoms with Gasteiger partial charge >= 0.3 is 0 Å². The topological polar surface area (TPSA) is 83.5 Å². The van der Waals surface area contributed by atoms with E-state index in [0.717, 1.165) is 5.56 Å². The molecule has 2 unspecified atom stereocenters. The number of nitrogens with one attached hydrogen (secondary N) is 2. The Bertz CT molecular complexity index is 1340. The first-order valence-corrected chi connectivity index (χ1v) is 13.3. The molecule has 2 atom stereocenters. The standard InChI is InChI=1S/C21H15BrCl4N4O2S/c22-16-8-14(10-27-21(16)26)33(31,32)30-20(15-6-5-13(24)7-17(15)25)19-9-18(28-29-19)11-1-3-12(23)4-2-11/h1-8,10,18,20,28,30H,9H2. The number of sulfonamides is 1. The lowest BCUT2D eigenvalue weighted by Gasteiger charge is -2.21. The van der Waals surface area contributed by atoms with Gasteiger partial charge in [-0.1, -0.05) is 64.6 Å². The molecule has 1 aromatic heterocycles. The van der Waals surface area contributed by atoms with Crippen molar-refractivity contribution < 1.29 is 8.42 Å². The third kappa shape index (κ3) is 5.65. The van der Waals surface area contributed by atoms with Crippen molar-refractivity contribution in [1.29, 1.82) is 0 Å². The largest absolute Gasteiger partial charge is 0.302 e. The molecule has 0 aliphatic carbocycles. The molecule has 172 valence electrons. The van der Waals surface area contributed by atoms with Gasteiger partial charge in [0.25, 0.3) is 0 Å². The van der Waals surface area contributed by atoms with Crippen molar-refractivity contribution >= 4 is 78.1 Å². The second kappa shape index (κ2) is 10.1. The first-order valence-electron chi connectivity index (χ1n) is 9.50. The van der Waals surface area contributed by atoms with Crippen LogP contribution < -0.4 is 10.1 Å². The smallest absolute Gasteiger partial charge is 0.243 e. The summed E-state index contributed by atoms with van der Waals surface area (Å²) in [5, 5.41) is 5.95. The lowest BCUT2D eigenvalue weighted by Crippen LogP contribution is -2.34. The average Bonchev–Trinajstić information content (AvgIpc) is 3.25. The Morgan fingerprint density at radius 2 is 1.73 bits per heavy atom. The predicted molar refractivity (Wildman–Crippen MR) is 136 cm³/mol. The Hall–Kier alpha value is -1.39. The number of hydrogen-bond donors (Lipinski definition) is 2. The molecule has 2 N–H and O–H groups in total. The van der Waals surface area contributed by atoms with Gasteiger partial charge in [0.05, 0.1) is 22.3 Å². The number of aromatic nitrogens is 1. The van der Waals surface area contributed by atoms with Crippen LogP contribution in [0.4, 0.5) is 0 Å². The number of halogens is 5. The zero-order valence-electron chi connectivity index (χ0n) is 16.6. The van der Waals surface area contributed by atoms with E-state index in [1.54, 1.807) is 30.3 Å². The lowest BCUT2D eigenvalue weighted by molar-refractivity contribution is 0.576. The lowest BCUT2D eigenvalue weighted by atomic mass is 9.96. The van der Waals surface area contributed by atoms with Crippen LogP contribution in [0.1, 0.15) is 29.6 Å². The van der Waals surface area contributed by atoms with Crippen LogP contribution in [-0.4, -0.2) is 19.1 Å². The third-order valence-corrected chi connectivity index (χ3v) is 8.35. The van der Waals surface area contributed by atoms with E-state index in [0.29, 0.717) is 37.2 Å². The highest BCUT2D eigenvalue weighted by Gasteiger charge is 2.32. The maximum absolute atomic E-state index is 13.2. The van der Waals surface area contributed by atoms with Gasteiger partial charge in [0.2, 0.25) is 10.0 Å². The molecule has 33 heavy (non-hydrogen) atoms. The minimum atomic E-state index is -4.02. The molecule has 1 aliphatic heterocycles. The van der Waals surface area contributed by atoms with Crippen LogP contribution in [0.25, 0.3) is 0 Å². The zero-order chi connectivity index (χ0) is 23.8. The first-order chi connectivity index (χ1) is 15.6. The highest BCUT2D eigenvalue weighted by molar-refractivity contribution is 9.10. The molecule has 6 nitrogen and oxygen atoms in total. The van der Waals surface area contributed by atoms with Crippen molar-refractivity contribution in [2.24, 2.45) is 5.10 Å². The maximum atomic E-state index is 13.2. The molecule has 12 heteroatoms. The molecular weight excluding hydrogens is 594 g/mol. The fourth-order valence-corrected chi connectivity index (χ4v) is 5.77. The molecule has 0 saturated carbocycles. The number of rotatable bonds is 6. The summed E-state index contributed by atoms with van der Waals surface area (Å²) >= 11 is 27.6. The van der Waals surface area contributed by atoms with Crippen molar-refractivity contribution in [1.82, 2.24) is 15.1 Å². The minimum Gasteiger partial charge on any atom is -0.302 e. The van der Waals surface area contributed by atoms with Crippen LogP contribution in [0.5, 0.6) is 0 Å². The summed E-state index contributed by atoms with van der Waals surface area (Å²) in [5.74, 6) is 0. The number of hydrazone groups is 1. The molecule has 2 aromatic carbocycles. The van der Waals surface area contributed by atoms with Gasteiger partial charge in [0, 0.05) is 27.7 Å². The Kier molecular flexibility index (Phi) is 7.55. The normalized spacial score (nSPS) is 16.9. The van der Waals surface area contributed by atoms with Gasteiger partial charge in [0.15, 0.2) is 0 Å². The average molecular weight is 609 g/mol. The van der Waals surface area contributed by atoms with Crippen LogP contribution in [0.3, 0.4) is 0 Å². The van der Waals surface area contributed by atoms with Crippen molar-refractivity contribution in [3.63, 3.8) is 0 Å². The molecule has 0 fully saturated rings. The van der Waals surface area contributed by atoms with Gasteiger partial charge in [0.1, 0.15) is 10.0 Å². The van der Waals surface area contributed by atoms with Crippen LogP contribution >= 0.6 is 62.3 Å². The van der Waals surface area contributed by atoms with E-state index in [2.05, 4.69) is 36.2 Å². The first kappa shape index (κ1) is 24.7. The zero-order valence-corrected chi connectivity index (χ0v) is 22.0. The molecule has 0 amide bonds. The molecule has 0 radical (unpaired) electrons. The summed E-state index contributed by atoms with van der Waals surface area (Å²) in [6.45, 7) is 0. The summed E-state index contributed by atoms with van der Waals surface area (Å²) in [6, 6.07) is 12.6. The highest BCUT2D eigenvalue weighted by Crippen LogP contribution is 2.34. The number of benzene rings is 2. The molecule has 0 saturated heterocycles. The summed E-state index contributed by atoms with van der Waals surface area (Å²) in [6.07, 6.45) is 1.62. The number of pyridine rings is 1. The Morgan fingerprint density at radius 1 is 1.03 bits per heavy atom. The van der Waals surface area contributed by atoms with Crippen LogP contribution in [0.2, 0.25) is 20.2 Å². The SMILES string of the molecule is O=S(=O)(NC(C1=NNC(c2ccc(Cl)cc2)C1)c1ccc(Cl)cc1Cl)c1cnc(Cl)c(Br)c1. The summed E-state index contributed by atoms with van der Waals surface area (Å²) < 4.78 is 29.5. The molecule has 0 spiro atoms. The quantitative estimate of drug-likeness (QED) is 0.310. The fourth-order valence-electron chi connectivity index (χ4n) is 3.35. The Balaban J connectivity index is 1.68.